The summed E-state index contributed by atoms with van der Waals surface area (Å²) >= 11 is 0. The molecule has 5 atom stereocenters. The highest BCUT2D eigenvalue weighted by atomic mass is 16.5. The third-order valence-corrected chi connectivity index (χ3v) is 6.86. The van der Waals surface area contributed by atoms with Gasteiger partial charge in [-0.3, -0.25) is 0 Å². The fourth-order valence-electron chi connectivity index (χ4n) is 5.64. The van der Waals surface area contributed by atoms with Crippen LogP contribution in [0, 0.1) is 17.3 Å². The molecule has 0 spiro atoms. The molecule has 0 heterocycles. The molecular weight excluding hydrogens is 276 g/mol. The molecule has 3 unspecified atom stereocenters. The Morgan fingerprint density at radius 2 is 2.14 bits per heavy atom. The van der Waals surface area contributed by atoms with Crippen molar-refractivity contribution in [3.8, 4) is 11.5 Å². The van der Waals surface area contributed by atoms with Crippen LogP contribution in [-0.2, 0) is 6.42 Å². The summed E-state index contributed by atoms with van der Waals surface area (Å²) in [5.41, 5.74) is 2.27. The number of aliphatic hydroxyl groups excluding tert-OH is 1. The monoisotopic (exact) mass is 305 g/mol. The highest BCUT2D eigenvalue weighted by molar-refractivity contribution is 5.49. The van der Waals surface area contributed by atoms with E-state index in [1.807, 2.05) is 0 Å². The minimum Gasteiger partial charge on any atom is -0.504 e. The van der Waals surface area contributed by atoms with Gasteiger partial charge in [-0.2, -0.15) is 0 Å². The van der Waals surface area contributed by atoms with Crippen LogP contribution in [0.2, 0.25) is 0 Å². The van der Waals surface area contributed by atoms with Gasteiger partial charge in [-0.05, 0) is 85.0 Å². The number of aromatic hydroxyl groups is 1. The molecule has 0 aliphatic heterocycles. The predicted octanol–water partition coefficient (Wildman–Crippen LogP) is 3.62. The number of phenols is 1. The Balaban J connectivity index is 1.69. The average Bonchev–Trinajstić information content (AvgIpc) is 2.82. The van der Waals surface area contributed by atoms with Gasteiger partial charge >= 0.3 is 0 Å². The van der Waals surface area contributed by atoms with Crippen molar-refractivity contribution in [3.05, 3.63) is 23.3 Å². The first-order chi connectivity index (χ1) is 11.7. The molecule has 0 amide bonds. The summed E-state index contributed by atoms with van der Waals surface area (Å²) in [6, 6.07) is 3.44. The van der Waals surface area contributed by atoms with Gasteiger partial charge in [0.1, 0.15) is 0 Å². The minimum atomic E-state index is -2.57. The summed E-state index contributed by atoms with van der Waals surface area (Å²) in [5, 5.41) is 20.6. The molecule has 1 aromatic carbocycles. The molecule has 3 heteroatoms. The van der Waals surface area contributed by atoms with E-state index in [-0.39, 0.29) is 23.0 Å². The quantitative estimate of drug-likeness (QED) is 0.833. The van der Waals surface area contributed by atoms with E-state index >= 15 is 0 Å². The van der Waals surface area contributed by atoms with Gasteiger partial charge in [0.05, 0.1) is 17.3 Å². The lowest BCUT2D eigenvalue weighted by Crippen LogP contribution is -2.43. The molecule has 4 rings (SSSR count). The van der Waals surface area contributed by atoms with Crippen LogP contribution in [0.4, 0.5) is 0 Å². The van der Waals surface area contributed by atoms with Gasteiger partial charge in [-0.1, -0.05) is 6.92 Å². The summed E-state index contributed by atoms with van der Waals surface area (Å²) in [4.78, 5) is 0. The molecule has 3 aliphatic carbocycles. The molecule has 0 saturated heterocycles. The van der Waals surface area contributed by atoms with Crippen molar-refractivity contribution in [1.29, 1.82) is 0 Å². The molecule has 0 aromatic heterocycles. The first-order valence-electron chi connectivity index (χ1n) is 9.92. The summed E-state index contributed by atoms with van der Waals surface area (Å²) in [7, 11) is -2.57. The van der Waals surface area contributed by atoms with Gasteiger partial charge in [-0.15, -0.1) is 0 Å². The maximum absolute atomic E-state index is 10.5. The van der Waals surface area contributed by atoms with Crippen molar-refractivity contribution < 1.29 is 19.1 Å². The van der Waals surface area contributed by atoms with Crippen LogP contribution in [0.1, 0.15) is 60.2 Å². The van der Waals surface area contributed by atoms with Gasteiger partial charge < -0.3 is 14.9 Å². The number of aliphatic hydroxyl groups is 1. The lowest BCUT2D eigenvalue weighted by atomic mass is 9.55. The van der Waals surface area contributed by atoms with Crippen molar-refractivity contribution in [3.63, 3.8) is 0 Å². The molecule has 2 N–H and O–H groups in total. The molecule has 0 radical (unpaired) electrons. The maximum Gasteiger partial charge on any atom is 0.160 e. The third-order valence-electron chi connectivity index (χ3n) is 6.86. The van der Waals surface area contributed by atoms with E-state index in [0.717, 1.165) is 49.7 Å². The third kappa shape index (κ3) is 1.84. The van der Waals surface area contributed by atoms with Crippen LogP contribution < -0.4 is 4.74 Å². The van der Waals surface area contributed by atoms with E-state index in [0.29, 0.717) is 17.8 Å². The Labute approximate surface area is 136 Å². The fourth-order valence-corrected chi connectivity index (χ4v) is 5.64. The van der Waals surface area contributed by atoms with E-state index < -0.39 is 7.04 Å². The second kappa shape index (κ2) is 4.89. The standard InChI is InChI=1S/C19H26O3/c1-19-8-7-12-13(15(19)5-6-18(19)21)4-3-11-9-16(20)17(22-2)10-14(11)12/h9-10,12-13,15,18,20-21H,3-8H2,1-2H3/t12?,13?,15?,18-,19-/m0/s1/i2D3. The Morgan fingerprint density at radius 1 is 1.27 bits per heavy atom. The Kier molecular flexibility index (Phi) is 2.52. The van der Waals surface area contributed by atoms with Crippen LogP contribution in [0.5, 0.6) is 11.5 Å². The minimum absolute atomic E-state index is 0.0214. The number of benzene rings is 1. The summed E-state index contributed by atoms with van der Waals surface area (Å²) in [6.45, 7) is 2.24. The summed E-state index contributed by atoms with van der Waals surface area (Å²) in [6.07, 6.45) is 5.72. The summed E-state index contributed by atoms with van der Waals surface area (Å²) < 4.78 is 26.9. The SMILES string of the molecule is [2H]C([2H])([2H])Oc1cc2c(cc1O)CCC1C2CC[C@@]2(C)C1CC[C@@H]2O. The van der Waals surface area contributed by atoms with E-state index in [2.05, 4.69) is 6.92 Å². The number of rotatable bonds is 1. The zero-order valence-corrected chi connectivity index (χ0v) is 13.0. The van der Waals surface area contributed by atoms with E-state index in [1.54, 1.807) is 12.1 Å². The van der Waals surface area contributed by atoms with Gasteiger partial charge in [-0.25, -0.2) is 0 Å². The van der Waals surface area contributed by atoms with Crippen molar-refractivity contribution in [2.75, 3.05) is 7.04 Å². The lowest BCUT2D eigenvalue weighted by Gasteiger charge is -2.50. The van der Waals surface area contributed by atoms with E-state index in [1.165, 1.54) is 0 Å². The first kappa shape index (κ1) is 11.3. The fraction of sp³-hybridized carbons (Fsp3) is 0.684. The van der Waals surface area contributed by atoms with Crippen LogP contribution in [0.3, 0.4) is 0 Å². The van der Waals surface area contributed by atoms with Crippen LogP contribution in [0.25, 0.3) is 0 Å². The average molecular weight is 305 g/mol. The predicted molar refractivity (Wildman–Crippen MR) is 85.3 cm³/mol. The molecule has 3 nitrogen and oxygen atoms in total. The van der Waals surface area contributed by atoms with Crippen molar-refractivity contribution in [1.82, 2.24) is 0 Å². The number of methoxy groups -OCH3 is 1. The number of ether oxygens (including phenoxy) is 1. The molecule has 0 bridgehead atoms. The smallest absolute Gasteiger partial charge is 0.160 e. The number of aryl methyl sites for hydroxylation is 1. The lowest BCUT2D eigenvalue weighted by molar-refractivity contribution is -0.0226. The Bertz CT molecular complexity index is 687. The van der Waals surface area contributed by atoms with Gasteiger partial charge in [0.2, 0.25) is 0 Å². The Morgan fingerprint density at radius 3 is 2.95 bits per heavy atom. The van der Waals surface area contributed by atoms with Crippen LogP contribution >= 0.6 is 0 Å². The zero-order chi connectivity index (χ0) is 18.0. The number of fused-ring (bicyclic) bond motifs is 5. The van der Waals surface area contributed by atoms with E-state index in [4.69, 9.17) is 8.85 Å². The van der Waals surface area contributed by atoms with Crippen molar-refractivity contribution >= 4 is 0 Å². The van der Waals surface area contributed by atoms with Gasteiger partial charge in [0, 0.05) is 0 Å². The maximum atomic E-state index is 10.5. The highest BCUT2D eigenvalue weighted by Gasteiger charge is 2.54. The molecule has 2 saturated carbocycles. The normalized spacial score (nSPS) is 42.4. The molecule has 3 aliphatic rings. The zero-order valence-electron chi connectivity index (χ0n) is 16.0. The summed E-state index contributed by atoms with van der Waals surface area (Å²) in [5.74, 6) is 1.37. The van der Waals surface area contributed by atoms with Gasteiger partial charge in [0.25, 0.3) is 0 Å². The highest BCUT2D eigenvalue weighted by Crippen LogP contribution is 2.61. The number of hydrogen-bond acceptors (Lipinski definition) is 3. The van der Waals surface area contributed by atoms with Gasteiger partial charge in [0.15, 0.2) is 11.5 Å². The molecule has 22 heavy (non-hydrogen) atoms. The molecular formula is C19H26O3. The number of hydrogen-bond donors (Lipinski definition) is 2. The second-order valence-electron chi connectivity index (χ2n) is 7.67. The van der Waals surface area contributed by atoms with Crippen LogP contribution in [0.15, 0.2) is 12.1 Å². The molecule has 1 aromatic rings. The first-order valence-corrected chi connectivity index (χ1v) is 8.42. The molecule has 2 fully saturated rings. The van der Waals surface area contributed by atoms with Crippen molar-refractivity contribution in [2.24, 2.45) is 17.3 Å². The second-order valence-corrected chi connectivity index (χ2v) is 7.67. The van der Waals surface area contributed by atoms with E-state index in [9.17, 15) is 10.2 Å². The van der Waals surface area contributed by atoms with Crippen molar-refractivity contribution in [2.45, 2.75) is 57.5 Å². The topological polar surface area (TPSA) is 49.7 Å². The Hall–Kier alpha value is -1.22. The largest absolute Gasteiger partial charge is 0.504 e. The molecule has 120 valence electrons. The number of phenolic OH excluding ortho intramolecular Hbond substituents is 1. The van der Waals surface area contributed by atoms with Crippen LogP contribution in [-0.4, -0.2) is 23.4 Å².